The molecule has 5 heteroatoms. The maximum atomic E-state index is 11.7. The molecule has 0 saturated heterocycles. The molecule has 1 aliphatic carbocycles. The Labute approximate surface area is 100.0 Å². The third kappa shape index (κ3) is 1.17. The summed E-state index contributed by atoms with van der Waals surface area (Å²) in [6, 6.07) is 5.44. The molecule has 0 radical (unpaired) electrons. The molecule has 0 unspecified atom stereocenters. The minimum Gasteiger partial charge on any atom is -0.451 e. The number of carbonyl (C=O) groups excluding carboxylic acids is 1. The third-order valence-corrected chi connectivity index (χ3v) is 3.63. The van der Waals surface area contributed by atoms with Crippen molar-refractivity contribution >= 4 is 33.0 Å². The van der Waals surface area contributed by atoms with Crippen LogP contribution in [0.2, 0.25) is 0 Å². The minimum atomic E-state index is -0.165. The van der Waals surface area contributed by atoms with Gasteiger partial charge in [-0.25, -0.2) is 0 Å². The summed E-state index contributed by atoms with van der Waals surface area (Å²) in [5, 5.41) is 19.6. The Morgan fingerprint density at radius 3 is 2.88 bits per heavy atom. The maximum Gasteiger partial charge on any atom is 0.203 e. The second kappa shape index (κ2) is 3.31. The normalized spacial score (nSPS) is 13.5. The van der Waals surface area contributed by atoms with Crippen molar-refractivity contribution in [2.75, 3.05) is 0 Å². The lowest BCUT2D eigenvalue weighted by molar-refractivity contribution is 0.0981. The lowest BCUT2D eigenvalue weighted by Crippen LogP contribution is -1.88. The molecule has 80 valence electrons. The van der Waals surface area contributed by atoms with E-state index in [2.05, 4.69) is 0 Å². The van der Waals surface area contributed by atoms with E-state index in [0.717, 1.165) is 4.70 Å². The van der Waals surface area contributed by atoms with Crippen molar-refractivity contribution in [3.63, 3.8) is 0 Å². The molecule has 17 heavy (non-hydrogen) atoms. The van der Waals surface area contributed by atoms with E-state index in [1.165, 1.54) is 11.3 Å². The Kier molecular flexibility index (Phi) is 1.91. The van der Waals surface area contributed by atoms with Gasteiger partial charge in [-0.15, -0.1) is 11.3 Å². The van der Waals surface area contributed by atoms with Gasteiger partial charge in [0.15, 0.2) is 5.76 Å². The summed E-state index contributed by atoms with van der Waals surface area (Å²) >= 11 is 1.44. The average Bonchev–Trinajstić information content (AvgIpc) is 2.94. The number of nitriles is 2. The summed E-state index contributed by atoms with van der Waals surface area (Å²) in [4.78, 5) is 11.7. The van der Waals surface area contributed by atoms with Crippen LogP contribution in [0.3, 0.4) is 0 Å². The molecule has 0 N–H and O–H groups in total. The number of hydrogen-bond acceptors (Lipinski definition) is 5. The van der Waals surface area contributed by atoms with Crippen LogP contribution >= 0.6 is 11.3 Å². The fourth-order valence-electron chi connectivity index (χ4n) is 2.00. The fourth-order valence-corrected chi connectivity index (χ4v) is 2.88. The zero-order valence-electron chi connectivity index (χ0n) is 8.48. The molecule has 0 aliphatic heterocycles. The molecule has 0 saturated carbocycles. The largest absolute Gasteiger partial charge is 0.451 e. The molecule has 0 amide bonds. The number of nitrogens with zero attached hydrogens (tertiary/aromatic N) is 2. The summed E-state index contributed by atoms with van der Waals surface area (Å²) in [7, 11) is 0. The summed E-state index contributed by atoms with van der Waals surface area (Å²) in [5.74, 6) is 0.117. The lowest BCUT2D eigenvalue weighted by Gasteiger charge is -1.93. The molecular weight excluding hydrogens is 236 g/mol. The van der Waals surface area contributed by atoms with Gasteiger partial charge in [0.05, 0.1) is 4.70 Å². The van der Waals surface area contributed by atoms with Crippen LogP contribution in [0.1, 0.15) is 22.5 Å². The number of thiophene rings is 1. The van der Waals surface area contributed by atoms with E-state index in [4.69, 9.17) is 14.9 Å². The first kappa shape index (κ1) is 9.83. The highest BCUT2D eigenvalue weighted by Crippen LogP contribution is 2.43. The van der Waals surface area contributed by atoms with Gasteiger partial charge in [0.25, 0.3) is 0 Å². The maximum absolute atomic E-state index is 11.7. The van der Waals surface area contributed by atoms with Crippen LogP contribution in [0.25, 0.3) is 15.9 Å². The van der Waals surface area contributed by atoms with Crippen LogP contribution in [0.4, 0.5) is 0 Å². The quantitative estimate of drug-likeness (QED) is 0.663. The van der Waals surface area contributed by atoms with E-state index in [-0.39, 0.29) is 23.5 Å². The Balaban J connectivity index is 2.43. The van der Waals surface area contributed by atoms with Gasteiger partial charge in [-0.1, -0.05) is 0 Å². The zero-order chi connectivity index (χ0) is 12.0. The van der Waals surface area contributed by atoms with Crippen molar-refractivity contribution in [1.82, 2.24) is 0 Å². The molecule has 4 nitrogen and oxygen atoms in total. The van der Waals surface area contributed by atoms with E-state index in [1.54, 1.807) is 6.07 Å². The molecule has 0 aromatic carbocycles. The topological polar surface area (TPSA) is 77.8 Å². The molecule has 2 aromatic heterocycles. The molecule has 1 aliphatic rings. The molecular formula is C12H4N2O2S. The number of hydrogen-bond donors (Lipinski definition) is 0. The highest BCUT2D eigenvalue weighted by Gasteiger charge is 2.33. The van der Waals surface area contributed by atoms with Crippen LogP contribution < -0.4 is 0 Å². The second-order valence-corrected chi connectivity index (χ2v) is 4.51. The Hall–Kier alpha value is -2.37. The Morgan fingerprint density at radius 1 is 1.41 bits per heavy atom. The van der Waals surface area contributed by atoms with Crippen LogP contribution in [0, 0.1) is 22.7 Å². The number of allylic oxidation sites excluding steroid dienone is 2. The Morgan fingerprint density at radius 2 is 2.18 bits per heavy atom. The standard InChI is InChI=1S/C12H4N2O2S/c13-4-6(5-14)7-3-8(15)11-10(7)12-9(16-11)1-2-17-12/h1-2H,3H2. The van der Waals surface area contributed by atoms with Crippen molar-refractivity contribution in [3.05, 3.63) is 28.3 Å². The highest BCUT2D eigenvalue weighted by molar-refractivity contribution is 7.17. The molecule has 2 aromatic rings. The summed E-state index contributed by atoms with van der Waals surface area (Å²) in [6.45, 7) is 0. The van der Waals surface area contributed by atoms with Gasteiger partial charge in [-0.3, -0.25) is 4.79 Å². The zero-order valence-corrected chi connectivity index (χ0v) is 9.30. The predicted molar refractivity (Wildman–Crippen MR) is 61.2 cm³/mol. The van der Waals surface area contributed by atoms with Gasteiger partial charge < -0.3 is 4.42 Å². The number of carbonyl (C=O) groups is 1. The van der Waals surface area contributed by atoms with Gasteiger partial charge in [0.2, 0.25) is 5.78 Å². The van der Waals surface area contributed by atoms with E-state index in [9.17, 15) is 4.79 Å². The van der Waals surface area contributed by atoms with E-state index < -0.39 is 0 Å². The van der Waals surface area contributed by atoms with Crippen molar-refractivity contribution in [1.29, 1.82) is 10.5 Å². The van der Waals surface area contributed by atoms with Crippen molar-refractivity contribution in [2.45, 2.75) is 6.42 Å². The molecule has 0 atom stereocenters. The van der Waals surface area contributed by atoms with Crippen LogP contribution in [-0.2, 0) is 0 Å². The third-order valence-electron chi connectivity index (χ3n) is 2.71. The Bertz CT molecular complexity index is 749. The van der Waals surface area contributed by atoms with E-state index in [1.807, 2.05) is 17.5 Å². The average molecular weight is 240 g/mol. The van der Waals surface area contributed by atoms with Gasteiger partial charge in [-0.2, -0.15) is 10.5 Å². The van der Waals surface area contributed by atoms with Crippen molar-refractivity contribution < 1.29 is 9.21 Å². The summed E-state index contributed by atoms with van der Waals surface area (Å²) in [6.07, 6.45) is 0.0818. The number of fused-ring (bicyclic) bond motifs is 3. The smallest absolute Gasteiger partial charge is 0.203 e. The lowest BCUT2D eigenvalue weighted by atomic mass is 10.1. The number of Topliss-reactive ketones (excluding diaryl/α,β-unsaturated/α-hetero) is 1. The first-order chi connectivity index (χ1) is 8.26. The summed E-state index contributed by atoms with van der Waals surface area (Å²) in [5.41, 5.74) is 1.77. The first-order valence-corrected chi connectivity index (χ1v) is 5.71. The minimum absolute atomic E-state index is 0.00630. The molecule has 3 rings (SSSR count). The molecule has 0 bridgehead atoms. The van der Waals surface area contributed by atoms with Crippen LogP contribution in [0.5, 0.6) is 0 Å². The van der Waals surface area contributed by atoms with Gasteiger partial charge in [0.1, 0.15) is 23.3 Å². The molecule has 0 spiro atoms. The number of rotatable bonds is 0. The number of ketones is 1. The second-order valence-electron chi connectivity index (χ2n) is 3.60. The highest BCUT2D eigenvalue weighted by atomic mass is 32.1. The fraction of sp³-hybridized carbons (Fsp3) is 0.0833. The molecule has 2 heterocycles. The SMILES string of the molecule is N#CC(C#N)=C1CC(=O)c2oc3ccsc3c21. The van der Waals surface area contributed by atoms with Crippen molar-refractivity contribution in [2.24, 2.45) is 0 Å². The monoisotopic (exact) mass is 240 g/mol. The molecule has 0 fully saturated rings. The first-order valence-electron chi connectivity index (χ1n) is 4.83. The van der Waals surface area contributed by atoms with E-state index >= 15 is 0 Å². The van der Waals surface area contributed by atoms with Gasteiger partial charge in [0, 0.05) is 17.6 Å². The van der Waals surface area contributed by atoms with Crippen LogP contribution in [-0.4, -0.2) is 5.78 Å². The predicted octanol–water partition coefficient (Wildman–Crippen LogP) is 2.88. The van der Waals surface area contributed by atoms with Crippen molar-refractivity contribution in [3.8, 4) is 12.1 Å². The summed E-state index contributed by atoms with van der Waals surface area (Å²) < 4.78 is 6.28. The number of furan rings is 1. The van der Waals surface area contributed by atoms with E-state index in [0.29, 0.717) is 16.7 Å². The van der Waals surface area contributed by atoms with Gasteiger partial charge in [-0.05, 0) is 11.4 Å². The van der Waals surface area contributed by atoms with Crippen LogP contribution in [0.15, 0.2) is 21.4 Å². The van der Waals surface area contributed by atoms with Gasteiger partial charge >= 0.3 is 0 Å².